The molecular formula is C15H17N5O4. The van der Waals surface area contributed by atoms with Crippen molar-refractivity contribution in [2.75, 3.05) is 20.2 Å². The first-order valence-corrected chi connectivity index (χ1v) is 7.55. The van der Waals surface area contributed by atoms with E-state index in [9.17, 15) is 9.59 Å². The van der Waals surface area contributed by atoms with Crippen molar-refractivity contribution in [2.45, 2.75) is 18.9 Å². The van der Waals surface area contributed by atoms with E-state index in [0.717, 1.165) is 12.8 Å². The lowest BCUT2D eigenvalue weighted by Gasteiger charge is -2.32. The monoisotopic (exact) mass is 331 g/mol. The average Bonchev–Trinajstić information content (AvgIpc) is 2.63. The first-order chi connectivity index (χ1) is 11.7. The van der Waals surface area contributed by atoms with E-state index in [1.54, 1.807) is 17.0 Å². The van der Waals surface area contributed by atoms with Gasteiger partial charge in [0.05, 0.1) is 13.7 Å². The van der Waals surface area contributed by atoms with E-state index in [4.69, 9.17) is 9.47 Å². The second kappa shape index (κ2) is 7.07. The molecule has 1 aliphatic heterocycles. The van der Waals surface area contributed by atoms with E-state index >= 15 is 0 Å². The zero-order chi connectivity index (χ0) is 16.9. The van der Waals surface area contributed by atoms with Gasteiger partial charge in [0.1, 0.15) is 11.8 Å². The van der Waals surface area contributed by atoms with Crippen molar-refractivity contribution >= 4 is 5.91 Å². The molecule has 2 aromatic heterocycles. The van der Waals surface area contributed by atoms with Crippen molar-refractivity contribution in [3.05, 3.63) is 40.3 Å². The van der Waals surface area contributed by atoms with Crippen molar-refractivity contribution < 1.29 is 14.3 Å². The lowest BCUT2D eigenvalue weighted by molar-refractivity contribution is 0.0519. The summed E-state index contributed by atoms with van der Waals surface area (Å²) >= 11 is 0. The average molecular weight is 331 g/mol. The maximum Gasteiger partial charge on any atom is 0.274 e. The molecule has 3 heterocycles. The molecule has 3 rings (SSSR count). The van der Waals surface area contributed by atoms with Gasteiger partial charge < -0.3 is 14.4 Å². The van der Waals surface area contributed by atoms with Gasteiger partial charge in [-0.1, -0.05) is 0 Å². The number of carbonyl (C=O) groups is 1. The maximum atomic E-state index is 12.4. The number of hydrogen-bond donors (Lipinski definition) is 1. The Kier molecular flexibility index (Phi) is 4.69. The number of nitrogens with one attached hydrogen (secondary N) is 1. The Labute approximate surface area is 137 Å². The largest absolute Gasteiger partial charge is 0.480 e. The van der Waals surface area contributed by atoms with Crippen LogP contribution in [-0.4, -0.2) is 57.5 Å². The molecule has 0 aromatic carbocycles. The standard InChI is InChI=1S/C15H17N5O4/c1-23-13-6-7-14(19-18-13)24-10-3-2-8-20(9-10)15(22)11-4-5-12(21)17-16-11/h4-7,10H,2-3,8-9H2,1H3,(H,17,21). The molecule has 0 aliphatic carbocycles. The summed E-state index contributed by atoms with van der Waals surface area (Å²) in [5.74, 6) is 0.560. The molecule has 0 radical (unpaired) electrons. The summed E-state index contributed by atoms with van der Waals surface area (Å²) in [4.78, 5) is 25.1. The van der Waals surface area contributed by atoms with Crippen LogP contribution in [0.3, 0.4) is 0 Å². The highest BCUT2D eigenvalue weighted by molar-refractivity contribution is 5.92. The summed E-state index contributed by atoms with van der Waals surface area (Å²) in [6.07, 6.45) is 1.45. The van der Waals surface area contributed by atoms with E-state index in [-0.39, 0.29) is 23.3 Å². The van der Waals surface area contributed by atoms with Crippen LogP contribution in [-0.2, 0) is 0 Å². The van der Waals surface area contributed by atoms with E-state index < -0.39 is 0 Å². The van der Waals surface area contributed by atoms with Crippen LogP contribution in [0, 0.1) is 0 Å². The second-order valence-electron chi connectivity index (χ2n) is 5.35. The second-order valence-corrected chi connectivity index (χ2v) is 5.35. The van der Waals surface area contributed by atoms with Crippen molar-refractivity contribution in [3.8, 4) is 11.8 Å². The molecule has 1 unspecified atom stereocenters. The molecule has 1 amide bonds. The Morgan fingerprint density at radius 1 is 1.25 bits per heavy atom. The van der Waals surface area contributed by atoms with Gasteiger partial charge in [0.25, 0.3) is 11.5 Å². The fourth-order valence-corrected chi connectivity index (χ4v) is 2.49. The molecular weight excluding hydrogens is 314 g/mol. The van der Waals surface area contributed by atoms with Gasteiger partial charge in [0.15, 0.2) is 0 Å². The van der Waals surface area contributed by atoms with Crippen LogP contribution >= 0.6 is 0 Å². The third kappa shape index (κ3) is 3.67. The molecule has 126 valence electrons. The van der Waals surface area contributed by atoms with Crippen molar-refractivity contribution in [2.24, 2.45) is 0 Å². The summed E-state index contributed by atoms with van der Waals surface area (Å²) in [5.41, 5.74) is -0.135. The number of aromatic nitrogens is 4. The fraction of sp³-hybridized carbons (Fsp3) is 0.400. The normalized spacial score (nSPS) is 17.4. The SMILES string of the molecule is COc1ccc(OC2CCCN(C(=O)c3ccc(=O)[nH]n3)C2)nn1. The summed E-state index contributed by atoms with van der Waals surface area (Å²) in [6.45, 7) is 1.04. The number of methoxy groups -OCH3 is 1. The van der Waals surface area contributed by atoms with Gasteiger partial charge in [-0.05, 0) is 18.9 Å². The number of ether oxygens (including phenoxy) is 2. The summed E-state index contributed by atoms with van der Waals surface area (Å²) in [5, 5.41) is 13.8. The number of amides is 1. The quantitative estimate of drug-likeness (QED) is 0.855. The maximum absolute atomic E-state index is 12.4. The highest BCUT2D eigenvalue weighted by Gasteiger charge is 2.26. The highest BCUT2D eigenvalue weighted by atomic mass is 16.5. The zero-order valence-electron chi connectivity index (χ0n) is 13.1. The third-order valence-corrected chi connectivity index (χ3v) is 3.68. The number of rotatable bonds is 4. The van der Waals surface area contributed by atoms with Crippen molar-refractivity contribution in [1.82, 2.24) is 25.3 Å². The molecule has 1 N–H and O–H groups in total. The van der Waals surface area contributed by atoms with Crippen LogP contribution in [0.1, 0.15) is 23.3 Å². The predicted octanol–water partition coefficient (Wildman–Crippen LogP) is 0.252. The molecule has 9 nitrogen and oxygen atoms in total. The van der Waals surface area contributed by atoms with E-state index in [1.807, 2.05) is 0 Å². The molecule has 0 spiro atoms. The first kappa shape index (κ1) is 15.9. The Morgan fingerprint density at radius 2 is 2.04 bits per heavy atom. The fourth-order valence-electron chi connectivity index (χ4n) is 2.49. The van der Waals surface area contributed by atoms with Gasteiger partial charge in [-0.2, -0.15) is 5.10 Å². The van der Waals surface area contributed by atoms with E-state index in [2.05, 4.69) is 20.4 Å². The minimum atomic E-state index is -0.343. The van der Waals surface area contributed by atoms with Gasteiger partial charge in [-0.15, -0.1) is 10.2 Å². The van der Waals surface area contributed by atoms with Gasteiger partial charge in [0, 0.05) is 24.7 Å². The predicted molar refractivity (Wildman–Crippen MR) is 83.0 cm³/mol. The van der Waals surface area contributed by atoms with Crippen LogP contribution in [0.2, 0.25) is 0 Å². The van der Waals surface area contributed by atoms with E-state index in [0.29, 0.717) is 24.8 Å². The molecule has 0 bridgehead atoms. The number of hydrogen-bond acceptors (Lipinski definition) is 7. The summed E-state index contributed by atoms with van der Waals surface area (Å²) in [6, 6.07) is 6.04. The van der Waals surface area contributed by atoms with Crippen LogP contribution in [0.25, 0.3) is 0 Å². The summed E-state index contributed by atoms with van der Waals surface area (Å²) in [7, 11) is 1.51. The Balaban J connectivity index is 1.64. The minimum Gasteiger partial charge on any atom is -0.480 e. The van der Waals surface area contributed by atoms with Crippen LogP contribution in [0.15, 0.2) is 29.1 Å². The summed E-state index contributed by atoms with van der Waals surface area (Å²) < 4.78 is 10.7. The molecule has 0 saturated carbocycles. The highest BCUT2D eigenvalue weighted by Crippen LogP contribution is 2.18. The van der Waals surface area contributed by atoms with Crippen molar-refractivity contribution in [3.63, 3.8) is 0 Å². The minimum absolute atomic E-state index is 0.173. The van der Waals surface area contributed by atoms with Gasteiger partial charge in [-0.3, -0.25) is 9.59 Å². The Morgan fingerprint density at radius 3 is 2.71 bits per heavy atom. The molecule has 24 heavy (non-hydrogen) atoms. The van der Waals surface area contributed by atoms with E-state index in [1.165, 1.54) is 19.2 Å². The zero-order valence-corrected chi connectivity index (χ0v) is 13.1. The van der Waals surface area contributed by atoms with Crippen LogP contribution < -0.4 is 15.0 Å². The molecule has 1 atom stereocenters. The lowest BCUT2D eigenvalue weighted by atomic mass is 10.1. The number of H-pyrrole nitrogens is 1. The topological polar surface area (TPSA) is 110 Å². The smallest absolute Gasteiger partial charge is 0.274 e. The Hall–Kier alpha value is -2.97. The molecule has 1 saturated heterocycles. The van der Waals surface area contributed by atoms with Crippen LogP contribution in [0.4, 0.5) is 0 Å². The van der Waals surface area contributed by atoms with Gasteiger partial charge >= 0.3 is 0 Å². The van der Waals surface area contributed by atoms with Crippen molar-refractivity contribution in [1.29, 1.82) is 0 Å². The number of piperidine rings is 1. The Bertz CT molecular complexity index is 741. The molecule has 1 aliphatic rings. The molecule has 2 aromatic rings. The molecule has 9 heteroatoms. The van der Waals surface area contributed by atoms with Gasteiger partial charge in [-0.25, -0.2) is 5.10 Å². The number of likely N-dealkylation sites (tertiary alicyclic amines) is 1. The molecule has 1 fully saturated rings. The number of aromatic amines is 1. The lowest BCUT2D eigenvalue weighted by Crippen LogP contribution is -2.44. The van der Waals surface area contributed by atoms with Gasteiger partial charge in [0.2, 0.25) is 11.8 Å². The first-order valence-electron chi connectivity index (χ1n) is 7.55. The number of carbonyl (C=O) groups excluding carboxylic acids is 1. The van der Waals surface area contributed by atoms with Crippen LogP contribution in [0.5, 0.6) is 11.8 Å². The number of nitrogens with zero attached hydrogens (tertiary/aromatic N) is 4. The third-order valence-electron chi connectivity index (χ3n) is 3.68.